The molecule has 2 heterocycles. The van der Waals surface area contributed by atoms with Gasteiger partial charge in [-0.15, -0.1) is 0 Å². The van der Waals surface area contributed by atoms with Crippen molar-refractivity contribution in [2.75, 3.05) is 14.7 Å². The van der Waals surface area contributed by atoms with Crippen LogP contribution in [0.1, 0.15) is 27.8 Å². The maximum absolute atomic E-state index is 2.52. The van der Waals surface area contributed by atoms with Crippen molar-refractivity contribution in [3.63, 3.8) is 0 Å². The predicted molar refractivity (Wildman–Crippen MR) is 236 cm³/mol. The molecule has 55 heavy (non-hydrogen) atoms. The third-order valence-corrected chi connectivity index (χ3v) is 11.5. The Morgan fingerprint density at radius 1 is 0.364 bits per heavy atom. The molecule has 0 radical (unpaired) electrons. The normalized spacial score (nSPS) is 12.7. The first-order chi connectivity index (χ1) is 26.8. The Morgan fingerprint density at radius 2 is 0.818 bits per heavy atom. The zero-order valence-electron chi connectivity index (χ0n) is 32.0. The van der Waals surface area contributed by atoms with Crippen molar-refractivity contribution < 1.29 is 0 Å². The van der Waals surface area contributed by atoms with Crippen molar-refractivity contribution in [2.24, 2.45) is 0 Å². The third-order valence-electron chi connectivity index (χ3n) is 11.5. The van der Waals surface area contributed by atoms with Crippen molar-refractivity contribution in [1.82, 2.24) is 0 Å². The molecule has 0 amide bonds. The van der Waals surface area contributed by atoms with Crippen molar-refractivity contribution in [3.05, 3.63) is 192 Å². The van der Waals surface area contributed by atoms with Gasteiger partial charge in [-0.3, -0.25) is 0 Å². The van der Waals surface area contributed by atoms with Gasteiger partial charge in [-0.1, -0.05) is 119 Å². The topological polar surface area (TPSA) is 9.72 Å². The molecular weight excluding hydrogens is 665 g/mol. The largest absolute Gasteiger partial charge is 0.311 e. The molecule has 2 aliphatic heterocycles. The quantitative estimate of drug-likeness (QED) is 0.165. The molecule has 10 rings (SSSR count). The second-order valence-electron chi connectivity index (χ2n) is 15.5. The lowest BCUT2D eigenvalue weighted by Gasteiger charge is -2.45. The van der Waals surface area contributed by atoms with Crippen molar-refractivity contribution in [1.29, 1.82) is 0 Å². The molecular formula is C51H42BN3. The molecule has 3 nitrogen and oxygen atoms in total. The van der Waals surface area contributed by atoms with Gasteiger partial charge in [0.25, 0.3) is 6.71 Å². The Labute approximate surface area is 324 Å². The number of hydrogen-bond donors (Lipinski definition) is 0. The van der Waals surface area contributed by atoms with Gasteiger partial charge in [-0.2, -0.15) is 0 Å². The van der Waals surface area contributed by atoms with E-state index in [0.717, 1.165) is 28.4 Å². The molecule has 0 saturated heterocycles. The van der Waals surface area contributed by atoms with Crippen molar-refractivity contribution in [2.45, 2.75) is 34.6 Å². The second kappa shape index (κ2) is 12.8. The Hall–Kier alpha value is -6.52. The molecule has 0 aliphatic carbocycles. The first-order valence-electron chi connectivity index (χ1n) is 19.3. The number of benzene rings is 8. The van der Waals surface area contributed by atoms with Crippen LogP contribution in [0.2, 0.25) is 0 Å². The van der Waals surface area contributed by atoms with Gasteiger partial charge in [0.2, 0.25) is 0 Å². The van der Waals surface area contributed by atoms with E-state index in [9.17, 15) is 0 Å². The molecule has 264 valence electrons. The Kier molecular flexibility index (Phi) is 7.71. The smallest absolute Gasteiger partial charge is 0.252 e. The lowest BCUT2D eigenvalue weighted by Crippen LogP contribution is -2.61. The highest BCUT2D eigenvalue weighted by Crippen LogP contribution is 2.48. The standard InChI is InChI=1S/C51H42BN3/c1-33-10-19-40(20-11-33)53(41-21-12-34(2)13-22-41)44-31-49-51-50(32-44)55(43-25-18-38-8-6-7-9-39(38)30-43)48-27-17-37(5)29-46(48)52(51)45-28-36(4)16-26-47(45)54(49)42-23-14-35(3)15-24-42/h6-32H,1-5H3. The van der Waals surface area contributed by atoms with Crippen LogP contribution in [-0.2, 0) is 0 Å². The minimum atomic E-state index is 0.0504. The Bertz CT molecular complexity index is 2720. The zero-order chi connectivity index (χ0) is 37.4. The minimum Gasteiger partial charge on any atom is -0.311 e. The molecule has 0 saturated carbocycles. The first-order valence-corrected chi connectivity index (χ1v) is 19.3. The van der Waals surface area contributed by atoms with E-state index in [1.807, 2.05) is 0 Å². The fourth-order valence-corrected chi connectivity index (χ4v) is 8.76. The summed E-state index contributed by atoms with van der Waals surface area (Å²) in [6.07, 6.45) is 0. The lowest BCUT2D eigenvalue weighted by molar-refractivity contribution is 1.22. The molecule has 0 N–H and O–H groups in total. The van der Waals surface area contributed by atoms with E-state index in [4.69, 9.17) is 0 Å². The number of hydrogen-bond acceptors (Lipinski definition) is 3. The van der Waals surface area contributed by atoms with Crippen LogP contribution in [-0.4, -0.2) is 6.71 Å². The summed E-state index contributed by atoms with van der Waals surface area (Å²) in [6, 6.07) is 61.4. The van der Waals surface area contributed by atoms with E-state index in [2.05, 4.69) is 213 Å². The van der Waals surface area contributed by atoms with Crippen LogP contribution in [0.25, 0.3) is 10.8 Å². The molecule has 0 spiro atoms. The van der Waals surface area contributed by atoms with Crippen LogP contribution < -0.4 is 31.1 Å². The second-order valence-corrected chi connectivity index (χ2v) is 15.5. The van der Waals surface area contributed by atoms with Gasteiger partial charge in [0, 0.05) is 45.5 Å². The van der Waals surface area contributed by atoms with Gasteiger partial charge in [0.1, 0.15) is 0 Å². The molecule has 8 aromatic rings. The summed E-state index contributed by atoms with van der Waals surface area (Å²) < 4.78 is 0. The summed E-state index contributed by atoms with van der Waals surface area (Å²) in [6.45, 7) is 11.0. The highest BCUT2D eigenvalue weighted by molar-refractivity contribution is 7.00. The predicted octanol–water partition coefficient (Wildman–Crippen LogP) is 11.9. The minimum absolute atomic E-state index is 0.0504. The van der Waals surface area contributed by atoms with Crippen LogP contribution >= 0.6 is 0 Å². The van der Waals surface area contributed by atoms with E-state index in [1.165, 1.54) is 77.7 Å². The van der Waals surface area contributed by atoms with E-state index in [1.54, 1.807) is 0 Å². The summed E-state index contributed by atoms with van der Waals surface area (Å²) in [5.74, 6) is 0. The van der Waals surface area contributed by atoms with Gasteiger partial charge in [-0.25, -0.2) is 0 Å². The first kappa shape index (κ1) is 33.1. The number of nitrogens with zero attached hydrogens (tertiary/aromatic N) is 3. The van der Waals surface area contributed by atoms with Crippen LogP contribution in [0.3, 0.4) is 0 Å². The maximum Gasteiger partial charge on any atom is 0.252 e. The number of fused-ring (bicyclic) bond motifs is 5. The number of anilines is 9. The average Bonchev–Trinajstić information content (AvgIpc) is 3.19. The van der Waals surface area contributed by atoms with E-state index in [0.29, 0.717) is 0 Å². The van der Waals surface area contributed by atoms with Crippen molar-refractivity contribution >= 4 is 85.1 Å². The maximum atomic E-state index is 2.52. The van der Waals surface area contributed by atoms with Gasteiger partial charge in [0.15, 0.2) is 0 Å². The summed E-state index contributed by atoms with van der Waals surface area (Å²) >= 11 is 0. The molecule has 4 heteroatoms. The molecule has 0 aromatic heterocycles. The fourth-order valence-electron chi connectivity index (χ4n) is 8.76. The molecule has 8 aromatic carbocycles. The summed E-state index contributed by atoms with van der Waals surface area (Å²) in [5, 5.41) is 2.46. The average molecular weight is 708 g/mol. The lowest BCUT2D eigenvalue weighted by atomic mass is 9.33. The molecule has 2 aliphatic rings. The fraction of sp³-hybridized carbons (Fsp3) is 0.0980. The zero-order valence-corrected chi connectivity index (χ0v) is 32.0. The van der Waals surface area contributed by atoms with Gasteiger partial charge in [0.05, 0.1) is 5.69 Å². The number of rotatable bonds is 5. The number of aryl methyl sites for hydroxylation is 5. The monoisotopic (exact) mass is 707 g/mol. The van der Waals surface area contributed by atoms with Crippen LogP contribution in [0, 0.1) is 34.6 Å². The molecule has 0 bridgehead atoms. The van der Waals surface area contributed by atoms with Gasteiger partial charge >= 0.3 is 0 Å². The van der Waals surface area contributed by atoms with Gasteiger partial charge in [-0.05, 0) is 135 Å². The molecule has 0 fully saturated rings. The third kappa shape index (κ3) is 5.51. The highest BCUT2D eigenvalue weighted by Gasteiger charge is 2.44. The summed E-state index contributed by atoms with van der Waals surface area (Å²) in [4.78, 5) is 7.46. The van der Waals surface area contributed by atoms with Crippen LogP contribution in [0.15, 0.2) is 164 Å². The van der Waals surface area contributed by atoms with E-state index >= 15 is 0 Å². The van der Waals surface area contributed by atoms with Gasteiger partial charge < -0.3 is 14.7 Å². The van der Waals surface area contributed by atoms with E-state index in [-0.39, 0.29) is 6.71 Å². The Balaban J connectivity index is 1.34. The summed E-state index contributed by atoms with van der Waals surface area (Å²) in [5.41, 5.74) is 20.7. The SMILES string of the molecule is Cc1ccc(N(c2ccc(C)cc2)c2cc3c4c(c2)N(c2ccc5ccccc5c2)c2ccc(C)cc2B4c2cc(C)ccc2N3c2ccc(C)cc2)cc1. The Morgan fingerprint density at radius 3 is 1.36 bits per heavy atom. The highest BCUT2D eigenvalue weighted by atomic mass is 15.2. The van der Waals surface area contributed by atoms with Crippen LogP contribution in [0.5, 0.6) is 0 Å². The van der Waals surface area contributed by atoms with Crippen molar-refractivity contribution in [3.8, 4) is 0 Å². The molecule has 0 unspecified atom stereocenters. The van der Waals surface area contributed by atoms with E-state index < -0.39 is 0 Å². The summed E-state index contributed by atoms with van der Waals surface area (Å²) in [7, 11) is 0. The molecule has 0 atom stereocenters. The van der Waals surface area contributed by atoms with Crippen LogP contribution in [0.4, 0.5) is 51.2 Å².